The van der Waals surface area contributed by atoms with E-state index in [0.717, 1.165) is 33.1 Å². The summed E-state index contributed by atoms with van der Waals surface area (Å²) in [6.07, 6.45) is 15.8. The van der Waals surface area contributed by atoms with Gasteiger partial charge < -0.3 is 26.6 Å². The molecule has 1 rings (SSSR count). The zero-order valence-electron chi connectivity index (χ0n) is 21.8. The topological polar surface area (TPSA) is 112 Å². The largest absolute Gasteiger partial charge is 0.501 e. The highest BCUT2D eigenvalue weighted by Crippen LogP contribution is 2.41. The van der Waals surface area contributed by atoms with E-state index in [4.69, 9.17) is 21.3 Å². The molecular weight excluding hydrogens is 456 g/mol. The van der Waals surface area contributed by atoms with Crippen LogP contribution < -0.4 is 11.1 Å². The van der Waals surface area contributed by atoms with Gasteiger partial charge in [0, 0.05) is 40.9 Å². The third kappa shape index (κ3) is 9.61. The van der Waals surface area contributed by atoms with Gasteiger partial charge in [0.2, 0.25) is 5.91 Å². The number of nitrogens with two attached hydrogens (primary N) is 1. The van der Waals surface area contributed by atoms with Crippen LogP contribution in [0.5, 0.6) is 0 Å². The predicted molar refractivity (Wildman–Crippen MR) is 151 cm³/mol. The summed E-state index contributed by atoms with van der Waals surface area (Å²) in [6, 6.07) is 0. The molecule has 0 saturated carbocycles. The van der Waals surface area contributed by atoms with Crippen LogP contribution in [0.25, 0.3) is 0 Å². The van der Waals surface area contributed by atoms with Gasteiger partial charge in [-0.2, -0.15) is 0 Å². The molecule has 1 amide bonds. The molecule has 0 aliphatic heterocycles. The number of nitrogens with one attached hydrogen (secondary N) is 3. The highest BCUT2D eigenvalue weighted by Gasteiger charge is 2.26. The van der Waals surface area contributed by atoms with Gasteiger partial charge in [0.25, 0.3) is 0 Å². The quantitative estimate of drug-likeness (QED) is 0.144. The maximum atomic E-state index is 13.4. The molecule has 0 bridgehead atoms. The van der Waals surface area contributed by atoms with Gasteiger partial charge in [-0.15, -0.1) is 0 Å². The van der Waals surface area contributed by atoms with E-state index in [1.54, 1.807) is 13.2 Å². The number of hydrogen-bond acceptors (Lipinski definition) is 6. The first-order chi connectivity index (χ1) is 16.7. The van der Waals surface area contributed by atoms with Gasteiger partial charge in [-0.1, -0.05) is 48.6 Å². The summed E-state index contributed by atoms with van der Waals surface area (Å²) in [5.41, 5.74) is 9.19. The van der Waals surface area contributed by atoms with Crippen LogP contribution in [0.1, 0.15) is 53.9 Å². The lowest BCUT2D eigenvalue weighted by molar-refractivity contribution is -0.117. The van der Waals surface area contributed by atoms with Gasteiger partial charge in [0.15, 0.2) is 0 Å². The van der Waals surface area contributed by atoms with E-state index >= 15 is 0 Å². The molecule has 190 valence electrons. The molecule has 1 aliphatic carbocycles. The average Bonchev–Trinajstić information content (AvgIpc) is 2.96. The Labute approximate surface area is 214 Å². The molecule has 0 radical (unpaired) electrons. The van der Waals surface area contributed by atoms with E-state index in [9.17, 15) is 4.79 Å². The van der Waals surface area contributed by atoms with Gasteiger partial charge in [-0.05, 0) is 75.3 Å². The summed E-state index contributed by atoms with van der Waals surface area (Å²) in [4.78, 5) is 15.3. The molecular formula is C28H40N4O2S. The van der Waals surface area contributed by atoms with Crippen molar-refractivity contribution >= 4 is 29.6 Å². The summed E-state index contributed by atoms with van der Waals surface area (Å²) >= 11 is 1.54. The summed E-state index contributed by atoms with van der Waals surface area (Å²) in [7, 11) is 1.62. The lowest BCUT2D eigenvalue weighted by Crippen LogP contribution is -2.28. The van der Waals surface area contributed by atoms with Crippen LogP contribution in [-0.4, -0.2) is 31.5 Å². The maximum absolute atomic E-state index is 13.4. The molecule has 0 heterocycles. The Morgan fingerprint density at radius 2 is 2.06 bits per heavy atom. The smallest absolute Gasteiger partial charge is 0.248 e. The fourth-order valence-electron chi connectivity index (χ4n) is 3.49. The van der Waals surface area contributed by atoms with Crippen molar-refractivity contribution in [1.29, 1.82) is 10.8 Å². The number of thioether (sulfide) groups is 1. The first-order valence-corrected chi connectivity index (χ1v) is 12.6. The van der Waals surface area contributed by atoms with E-state index in [1.807, 2.05) is 51.2 Å². The van der Waals surface area contributed by atoms with E-state index in [2.05, 4.69) is 19.2 Å². The number of hydrogen-bond donors (Lipinski definition) is 4. The molecule has 1 atom stereocenters. The normalized spacial score (nSPS) is 18.3. The standard InChI is InChI=1S/C28H40N4O2S/c1-7-9-10-22(15-20(4)34-6)18-32-28(33)25-12-11-19(3)21(5)27(26(25)17-30)35-24(8-2)16-23(31)13-14-29/h7-10,13-15,17,19,30-31H,11-12,16,18,29H2,1-6H3,(H,32,33)/b9-7-,14-13-,20-15+,22-10+,24-8+,30-17?,31-23?. The zero-order chi connectivity index (χ0) is 26.4. The van der Waals surface area contributed by atoms with E-state index in [1.165, 1.54) is 24.2 Å². The zero-order valence-corrected chi connectivity index (χ0v) is 22.6. The Hall–Kier alpha value is -3.06. The molecule has 7 heteroatoms. The van der Waals surface area contributed by atoms with Gasteiger partial charge in [0.1, 0.15) is 0 Å². The van der Waals surface area contributed by atoms with Crippen LogP contribution in [-0.2, 0) is 9.53 Å². The first-order valence-electron chi connectivity index (χ1n) is 11.8. The molecule has 1 unspecified atom stereocenters. The van der Waals surface area contributed by atoms with Crippen LogP contribution in [0.15, 0.2) is 80.5 Å². The second-order valence-electron chi connectivity index (χ2n) is 8.32. The minimum atomic E-state index is -0.167. The fourth-order valence-corrected chi connectivity index (χ4v) is 4.75. The molecule has 0 aromatic carbocycles. The third-order valence-electron chi connectivity index (χ3n) is 5.80. The van der Waals surface area contributed by atoms with Crippen molar-refractivity contribution in [2.24, 2.45) is 11.7 Å². The molecule has 1 aliphatic rings. The molecule has 0 spiro atoms. The highest BCUT2D eigenvalue weighted by atomic mass is 32.2. The second-order valence-corrected chi connectivity index (χ2v) is 9.45. The van der Waals surface area contributed by atoms with Gasteiger partial charge >= 0.3 is 0 Å². The number of amides is 1. The van der Waals surface area contributed by atoms with Crippen LogP contribution in [0.3, 0.4) is 0 Å². The minimum Gasteiger partial charge on any atom is -0.501 e. The first kappa shape index (κ1) is 30.0. The van der Waals surface area contributed by atoms with Crippen molar-refractivity contribution in [3.63, 3.8) is 0 Å². The molecule has 0 aromatic heterocycles. The van der Waals surface area contributed by atoms with Crippen molar-refractivity contribution in [2.75, 3.05) is 13.7 Å². The summed E-state index contributed by atoms with van der Waals surface area (Å²) < 4.78 is 5.27. The Bertz CT molecular complexity index is 1010. The predicted octanol–water partition coefficient (Wildman–Crippen LogP) is 6.32. The molecule has 0 aromatic rings. The van der Waals surface area contributed by atoms with E-state index in [0.29, 0.717) is 36.2 Å². The number of carbonyl (C=O) groups is 1. The fraction of sp³-hybridized carbons (Fsp3) is 0.393. The third-order valence-corrected chi connectivity index (χ3v) is 7.18. The van der Waals surface area contributed by atoms with Gasteiger partial charge in [0.05, 0.1) is 12.9 Å². The van der Waals surface area contributed by atoms with Gasteiger partial charge in [-0.25, -0.2) is 0 Å². The number of allylic oxidation sites excluding steroid dienone is 9. The van der Waals surface area contributed by atoms with Crippen LogP contribution in [0.2, 0.25) is 0 Å². The molecule has 0 fully saturated rings. The summed E-state index contributed by atoms with van der Waals surface area (Å²) in [6.45, 7) is 10.3. The number of ether oxygens (including phenoxy) is 1. The number of methoxy groups -OCH3 is 1. The molecule has 5 N–H and O–H groups in total. The summed E-state index contributed by atoms with van der Waals surface area (Å²) in [5, 5.41) is 19.3. The lowest BCUT2D eigenvalue weighted by Gasteiger charge is -2.17. The van der Waals surface area contributed by atoms with Crippen molar-refractivity contribution in [2.45, 2.75) is 53.9 Å². The van der Waals surface area contributed by atoms with Crippen molar-refractivity contribution < 1.29 is 9.53 Å². The Kier molecular flexibility index (Phi) is 13.5. The minimum absolute atomic E-state index is 0.167. The Balaban J connectivity index is 3.31. The lowest BCUT2D eigenvalue weighted by atomic mass is 9.97. The molecule has 6 nitrogen and oxygen atoms in total. The van der Waals surface area contributed by atoms with Crippen LogP contribution in [0.4, 0.5) is 0 Å². The van der Waals surface area contributed by atoms with Crippen molar-refractivity contribution in [3.05, 3.63) is 80.5 Å². The average molecular weight is 497 g/mol. The van der Waals surface area contributed by atoms with Gasteiger partial charge in [-0.3, -0.25) is 4.79 Å². The molecule has 35 heavy (non-hydrogen) atoms. The molecule has 0 saturated heterocycles. The van der Waals surface area contributed by atoms with Crippen LogP contribution >= 0.6 is 11.8 Å². The van der Waals surface area contributed by atoms with Crippen molar-refractivity contribution in [1.82, 2.24) is 5.32 Å². The summed E-state index contributed by atoms with van der Waals surface area (Å²) in [5.74, 6) is 0.861. The Morgan fingerprint density at radius 3 is 2.63 bits per heavy atom. The maximum Gasteiger partial charge on any atom is 0.248 e. The SMILES string of the molecule is C\C=C/C=C(\C=C(/C)OC)CNC(=O)C1=C(C=N)C(S/C(=C/C)CC(=N)/C=C\N)=C(C)C(C)CC1. The Morgan fingerprint density at radius 1 is 1.34 bits per heavy atom. The number of rotatable bonds is 12. The van der Waals surface area contributed by atoms with E-state index in [-0.39, 0.29) is 11.8 Å². The highest BCUT2D eigenvalue weighted by molar-refractivity contribution is 8.07. The van der Waals surface area contributed by atoms with Crippen LogP contribution in [0, 0.1) is 16.7 Å². The second kappa shape index (κ2) is 15.8. The number of carbonyl (C=O) groups excluding carboxylic acids is 1. The van der Waals surface area contributed by atoms with E-state index < -0.39 is 0 Å². The monoisotopic (exact) mass is 496 g/mol. The van der Waals surface area contributed by atoms with Crippen molar-refractivity contribution in [3.8, 4) is 0 Å².